The number of carbonyl (C=O) groups excluding carboxylic acids is 1. The van der Waals surface area contributed by atoms with Crippen LogP contribution in [-0.4, -0.2) is 5.91 Å². The van der Waals surface area contributed by atoms with Crippen molar-refractivity contribution in [2.75, 3.05) is 5.32 Å². The molecule has 0 aliphatic carbocycles. The molecule has 0 fully saturated rings. The Morgan fingerprint density at radius 2 is 1.85 bits per heavy atom. The molecule has 0 saturated heterocycles. The van der Waals surface area contributed by atoms with Crippen LogP contribution in [0.2, 0.25) is 10.0 Å². The molecule has 1 amide bonds. The SMILES string of the molecule is N#C/C(=C\c1ccc(OCc2ccc(Cl)c(Cl)c2)c(Br)c1)C(=O)Nc1cccc(C(F)(F)F)c1. The Labute approximate surface area is 211 Å². The molecule has 0 saturated carbocycles. The zero-order valence-electron chi connectivity index (χ0n) is 17.1. The second-order valence-corrected chi connectivity index (χ2v) is 8.60. The summed E-state index contributed by atoms with van der Waals surface area (Å²) in [5.74, 6) is -0.326. The van der Waals surface area contributed by atoms with Gasteiger partial charge >= 0.3 is 6.18 Å². The number of nitriles is 1. The van der Waals surface area contributed by atoms with Crippen LogP contribution < -0.4 is 10.1 Å². The van der Waals surface area contributed by atoms with Crippen molar-refractivity contribution < 1.29 is 22.7 Å². The van der Waals surface area contributed by atoms with Gasteiger partial charge in [-0.3, -0.25) is 4.79 Å². The number of ether oxygens (including phenoxy) is 1. The molecule has 34 heavy (non-hydrogen) atoms. The maximum absolute atomic E-state index is 12.9. The number of carbonyl (C=O) groups is 1. The second kappa shape index (κ2) is 11.0. The van der Waals surface area contributed by atoms with Gasteiger partial charge in [-0.15, -0.1) is 0 Å². The molecule has 0 heterocycles. The van der Waals surface area contributed by atoms with Crippen LogP contribution >= 0.6 is 39.1 Å². The summed E-state index contributed by atoms with van der Waals surface area (Å²) >= 11 is 15.3. The van der Waals surface area contributed by atoms with Crippen LogP contribution in [-0.2, 0) is 17.6 Å². The largest absolute Gasteiger partial charge is 0.488 e. The van der Waals surface area contributed by atoms with E-state index in [0.29, 0.717) is 25.8 Å². The van der Waals surface area contributed by atoms with E-state index in [1.54, 1.807) is 42.5 Å². The zero-order chi connectivity index (χ0) is 24.9. The monoisotopic (exact) mass is 568 g/mol. The average molecular weight is 570 g/mol. The predicted octanol–water partition coefficient (Wildman–Crippen LogP) is 7.90. The van der Waals surface area contributed by atoms with Crippen molar-refractivity contribution in [1.82, 2.24) is 0 Å². The van der Waals surface area contributed by atoms with Gasteiger partial charge in [-0.25, -0.2) is 0 Å². The van der Waals surface area contributed by atoms with Gasteiger partial charge < -0.3 is 10.1 Å². The molecule has 3 rings (SSSR count). The molecule has 4 nitrogen and oxygen atoms in total. The van der Waals surface area contributed by atoms with Gasteiger partial charge in [-0.05, 0) is 75.6 Å². The number of benzene rings is 3. The Hall–Kier alpha value is -2.99. The van der Waals surface area contributed by atoms with E-state index >= 15 is 0 Å². The number of halogens is 6. The summed E-state index contributed by atoms with van der Waals surface area (Å²) in [6.07, 6.45) is -3.24. The van der Waals surface area contributed by atoms with Crippen molar-refractivity contribution in [3.8, 4) is 11.8 Å². The first-order valence-corrected chi connectivity index (χ1v) is 11.1. The Balaban J connectivity index is 1.72. The lowest BCUT2D eigenvalue weighted by molar-refractivity contribution is -0.137. The van der Waals surface area contributed by atoms with Crippen LogP contribution in [0.25, 0.3) is 6.08 Å². The van der Waals surface area contributed by atoms with E-state index < -0.39 is 17.6 Å². The molecule has 3 aromatic rings. The summed E-state index contributed by atoms with van der Waals surface area (Å²) in [5, 5.41) is 12.5. The quantitative estimate of drug-likeness (QED) is 0.242. The fourth-order valence-corrected chi connectivity index (χ4v) is 3.63. The highest BCUT2D eigenvalue weighted by Gasteiger charge is 2.30. The summed E-state index contributed by atoms with van der Waals surface area (Å²) in [5.41, 5.74) is 0.0444. The van der Waals surface area contributed by atoms with Crippen molar-refractivity contribution in [2.45, 2.75) is 12.8 Å². The Bertz CT molecular complexity index is 1300. The van der Waals surface area contributed by atoms with Crippen molar-refractivity contribution in [2.24, 2.45) is 0 Å². The molecule has 3 aromatic carbocycles. The fraction of sp³-hybridized carbons (Fsp3) is 0.0833. The molecular formula is C24H14BrCl2F3N2O2. The molecule has 1 N–H and O–H groups in total. The highest BCUT2D eigenvalue weighted by molar-refractivity contribution is 9.10. The first-order chi connectivity index (χ1) is 16.1. The van der Waals surface area contributed by atoms with Crippen molar-refractivity contribution >= 4 is 56.8 Å². The van der Waals surface area contributed by atoms with Crippen LogP contribution in [0.5, 0.6) is 5.75 Å². The minimum atomic E-state index is -4.55. The highest BCUT2D eigenvalue weighted by Crippen LogP contribution is 2.31. The van der Waals surface area contributed by atoms with Gasteiger partial charge in [0.2, 0.25) is 0 Å². The van der Waals surface area contributed by atoms with Crippen molar-refractivity contribution in [3.63, 3.8) is 0 Å². The second-order valence-electron chi connectivity index (χ2n) is 6.93. The van der Waals surface area contributed by atoms with Crippen LogP contribution in [0.4, 0.5) is 18.9 Å². The van der Waals surface area contributed by atoms with Gasteiger partial charge in [-0.1, -0.05) is 41.4 Å². The highest BCUT2D eigenvalue weighted by atomic mass is 79.9. The maximum atomic E-state index is 12.9. The predicted molar refractivity (Wildman–Crippen MR) is 129 cm³/mol. The fourth-order valence-electron chi connectivity index (χ4n) is 2.80. The van der Waals surface area contributed by atoms with E-state index in [-0.39, 0.29) is 17.9 Å². The molecule has 0 unspecified atom stereocenters. The van der Waals surface area contributed by atoms with E-state index in [4.69, 9.17) is 27.9 Å². The third-order valence-corrected chi connectivity index (χ3v) is 5.82. The number of hydrogen-bond acceptors (Lipinski definition) is 3. The zero-order valence-corrected chi connectivity index (χ0v) is 20.2. The van der Waals surface area contributed by atoms with Gasteiger partial charge in [-0.2, -0.15) is 18.4 Å². The molecule has 0 aliphatic rings. The van der Waals surface area contributed by atoms with Crippen LogP contribution in [0, 0.1) is 11.3 Å². The number of rotatable bonds is 6. The molecule has 0 bridgehead atoms. The molecule has 0 radical (unpaired) electrons. The lowest BCUT2D eigenvalue weighted by Crippen LogP contribution is -2.14. The van der Waals surface area contributed by atoms with E-state index in [1.165, 1.54) is 18.2 Å². The third kappa shape index (κ3) is 6.76. The third-order valence-electron chi connectivity index (χ3n) is 4.46. The molecule has 174 valence electrons. The molecule has 10 heteroatoms. The summed E-state index contributed by atoms with van der Waals surface area (Å²) in [6, 6.07) is 16.0. The summed E-state index contributed by atoms with van der Waals surface area (Å²) in [7, 11) is 0. The topological polar surface area (TPSA) is 62.1 Å². The number of anilines is 1. The lowest BCUT2D eigenvalue weighted by atomic mass is 10.1. The Morgan fingerprint density at radius 1 is 1.09 bits per heavy atom. The summed E-state index contributed by atoms with van der Waals surface area (Å²) < 4.78 is 44.9. The molecular weight excluding hydrogens is 556 g/mol. The first-order valence-electron chi connectivity index (χ1n) is 9.53. The summed E-state index contributed by atoms with van der Waals surface area (Å²) in [6.45, 7) is 0.230. The molecule has 0 aliphatic heterocycles. The van der Waals surface area contributed by atoms with E-state index in [2.05, 4.69) is 21.2 Å². The standard InChI is InChI=1S/C24H14BrCl2F3N2O2/c25-19-9-14(5-7-22(19)34-13-15-4-6-20(26)21(27)10-15)8-16(12-31)23(33)32-18-3-1-2-17(11-18)24(28,29)30/h1-11H,13H2,(H,32,33)/b16-8+. The van der Waals surface area contributed by atoms with Crippen LogP contribution in [0.15, 0.2) is 70.7 Å². The normalized spacial score (nSPS) is 11.6. The number of alkyl halides is 3. The minimum absolute atomic E-state index is 0.0757. The van der Waals surface area contributed by atoms with Gasteiger partial charge in [0.05, 0.1) is 20.1 Å². The van der Waals surface area contributed by atoms with Crippen LogP contribution in [0.3, 0.4) is 0 Å². The molecule has 0 atom stereocenters. The van der Waals surface area contributed by atoms with E-state index in [9.17, 15) is 23.2 Å². The number of nitrogens with zero attached hydrogens (tertiary/aromatic N) is 1. The average Bonchev–Trinajstić information content (AvgIpc) is 2.78. The number of nitrogens with one attached hydrogen (secondary N) is 1. The van der Waals surface area contributed by atoms with Gasteiger partial charge in [0.15, 0.2) is 0 Å². The molecule has 0 spiro atoms. The van der Waals surface area contributed by atoms with Crippen molar-refractivity contribution in [3.05, 3.63) is 97.4 Å². The van der Waals surface area contributed by atoms with Crippen molar-refractivity contribution in [1.29, 1.82) is 5.26 Å². The Morgan fingerprint density at radius 3 is 2.50 bits per heavy atom. The van der Waals surface area contributed by atoms with E-state index in [0.717, 1.165) is 17.7 Å². The van der Waals surface area contributed by atoms with E-state index in [1.807, 2.05) is 0 Å². The van der Waals surface area contributed by atoms with Gasteiger partial charge in [0.25, 0.3) is 5.91 Å². The number of hydrogen-bond donors (Lipinski definition) is 1. The molecule has 0 aromatic heterocycles. The first kappa shape index (κ1) is 25.6. The smallest absolute Gasteiger partial charge is 0.416 e. The van der Waals surface area contributed by atoms with Crippen LogP contribution in [0.1, 0.15) is 16.7 Å². The summed E-state index contributed by atoms with van der Waals surface area (Å²) in [4.78, 5) is 12.4. The number of amides is 1. The van der Waals surface area contributed by atoms with Gasteiger partial charge in [0.1, 0.15) is 24.0 Å². The minimum Gasteiger partial charge on any atom is -0.488 e. The van der Waals surface area contributed by atoms with Gasteiger partial charge in [0, 0.05) is 5.69 Å². The Kier molecular flexibility index (Phi) is 8.26. The lowest BCUT2D eigenvalue weighted by Gasteiger charge is -2.10. The maximum Gasteiger partial charge on any atom is 0.416 e.